The minimum absolute atomic E-state index is 0.184. The summed E-state index contributed by atoms with van der Waals surface area (Å²) in [5.41, 5.74) is 12.5. The molecule has 1 atom stereocenters. The van der Waals surface area contributed by atoms with Crippen LogP contribution in [0.2, 0.25) is 0 Å². The van der Waals surface area contributed by atoms with E-state index in [0.29, 0.717) is 18.7 Å². The number of rotatable bonds is 3. The van der Waals surface area contributed by atoms with E-state index in [1.165, 1.54) is 6.08 Å². The Morgan fingerprint density at radius 2 is 2.10 bits per heavy atom. The van der Waals surface area contributed by atoms with Crippen molar-refractivity contribution >= 4 is 23.6 Å². The quantitative estimate of drug-likeness (QED) is 0.639. The lowest BCUT2D eigenvalue weighted by molar-refractivity contribution is -0.137. The summed E-state index contributed by atoms with van der Waals surface area (Å²) >= 11 is 0. The molecule has 2 rings (SSSR count). The van der Waals surface area contributed by atoms with Crippen LogP contribution in [-0.2, 0) is 9.59 Å². The minimum Gasteiger partial charge on any atom is -0.399 e. The highest BCUT2D eigenvalue weighted by atomic mass is 16.2. The smallest absolute Gasteiger partial charge is 0.247 e. The topological polar surface area (TPSA) is 89.4 Å². The van der Waals surface area contributed by atoms with Gasteiger partial charge >= 0.3 is 0 Å². The Morgan fingerprint density at radius 3 is 2.80 bits per heavy atom. The van der Waals surface area contributed by atoms with Gasteiger partial charge in [0.15, 0.2) is 0 Å². The van der Waals surface area contributed by atoms with Crippen LogP contribution in [0.1, 0.15) is 24.8 Å². The van der Waals surface area contributed by atoms with Crippen LogP contribution < -0.4 is 11.5 Å². The van der Waals surface area contributed by atoms with E-state index in [9.17, 15) is 9.59 Å². The molecular formula is C15H19N3O2. The van der Waals surface area contributed by atoms with Gasteiger partial charge in [-0.25, -0.2) is 0 Å². The maximum atomic E-state index is 12.2. The number of hydrogen-bond donors (Lipinski definition) is 2. The summed E-state index contributed by atoms with van der Waals surface area (Å²) in [6, 6.07) is 6.77. The molecule has 1 aromatic carbocycles. The number of likely N-dealkylation sites (tertiary alicyclic amines) is 1. The zero-order valence-electron chi connectivity index (χ0n) is 11.3. The lowest BCUT2D eigenvalue weighted by Crippen LogP contribution is -2.49. The van der Waals surface area contributed by atoms with Gasteiger partial charge in [-0.1, -0.05) is 12.1 Å². The standard InChI is InChI=1S/C15H19N3O2/c16-12-5-3-4-11(10-12)7-8-14(19)18-9-2-1-6-13(18)15(17)20/h3-5,7-8,10,13H,1-2,6,9,16H2,(H2,17,20)/b8-7+. The third-order valence-electron chi connectivity index (χ3n) is 3.44. The number of carbonyl (C=O) groups excluding carboxylic acids is 2. The largest absolute Gasteiger partial charge is 0.399 e. The molecule has 5 heteroatoms. The van der Waals surface area contributed by atoms with Crippen molar-refractivity contribution in [1.82, 2.24) is 4.90 Å². The Hall–Kier alpha value is -2.30. The Labute approximate surface area is 118 Å². The van der Waals surface area contributed by atoms with Crippen LogP contribution >= 0.6 is 0 Å². The van der Waals surface area contributed by atoms with Crippen LogP contribution in [-0.4, -0.2) is 29.3 Å². The monoisotopic (exact) mass is 273 g/mol. The summed E-state index contributed by atoms with van der Waals surface area (Å²) in [6.45, 7) is 0.577. The second-order valence-electron chi connectivity index (χ2n) is 4.95. The van der Waals surface area contributed by atoms with Gasteiger partial charge in [0.2, 0.25) is 11.8 Å². The molecule has 0 bridgehead atoms. The highest BCUT2D eigenvalue weighted by Crippen LogP contribution is 2.17. The summed E-state index contributed by atoms with van der Waals surface area (Å²) in [4.78, 5) is 25.1. The molecule has 0 saturated carbocycles. The van der Waals surface area contributed by atoms with Crippen molar-refractivity contribution in [3.8, 4) is 0 Å². The van der Waals surface area contributed by atoms with E-state index in [2.05, 4.69) is 0 Å². The van der Waals surface area contributed by atoms with E-state index in [0.717, 1.165) is 18.4 Å². The van der Waals surface area contributed by atoms with Gasteiger partial charge in [-0.15, -0.1) is 0 Å². The average Bonchev–Trinajstić information content (AvgIpc) is 2.45. The second kappa shape index (κ2) is 6.23. The van der Waals surface area contributed by atoms with Crippen LogP contribution in [0, 0.1) is 0 Å². The molecule has 0 aliphatic carbocycles. The Morgan fingerprint density at radius 1 is 1.30 bits per heavy atom. The van der Waals surface area contributed by atoms with Crippen molar-refractivity contribution in [2.45, 2.75) is 25.3 Å². The fourth-order valence-corrected chi connectivity index (χ4v) is 2.42. The van der Waals surface area contributed by atoms with Gasteiger partial charge < -0.3 is 16.4 Å². The van der Waals surface area contributed by atoms with Crippen LogP contribution in [0.4, 0.5) is 5.69 Å². The molecule has 1 aromatic rings. The summed E-state index contributed by atoms with van der Waals surface area (Å²) in [7, 11) is 0. The van der Waals surface area contributed by atoms with Crippen molar-refractivity contribution in [3.63, 3.8) is 0 Å². The van der Waals surface area contributed by atoms with E-state index < -0.39 is 11.9 Å². The van der Waals surface area contributed by atoms with E-state index in [-0.39, 0.29) is 5.91 Å². The van der Waals surface area contributed by atoms with Gasteiger partial charge in [-0.3, -0.25) is 9.59 Å². The number of nitrogens with two attached hydrogens (primary N) is 2. The van der Waals surface area contributed by atoms with E-state index in [1.807, 2.05) is 12.1 Å². The number of primary amides is 1. The average molecular weight is 273 g/mol. The zero-order chi connectivity index (χ0) is 14.5. The molecule has 1 unspecified atom stereocenters. The number of carbonyl (C=O) groups is 2. The predicted molar refractivity (Wildman–Crippen MR) is 78.4 cm³/mol. The highest BCUT2D eigenvalue weighted by molar-refractivity contribution is 5.95. The molecular weight excluding hydrogens is 254 g/mol. The molecule has 0 aromatic heterocycles. The second-order valence-corrected chi connectivity index (χ2v) is 4.95. The van der Waals surface area contributed by atoms with Crippen molar-refractivity contribution in [2.75, 3.05) is 12.3 Å². The van der Waals surface area contributed by atoms with E-state index >= 15 is 0 Å². The molecule has 20 heavy (non-hydrogen) atoms. The van der Waals surface area contributed by atoms with E-state index in [1.54, 1.807) is 23.1 Å². The molecule has 2 amide bonds. The van der Waals surface area contributed by atoms with Gasteiger partial charge in [0.25, 0.3) is 0 Å². The Kier molecular flexibility index (Phi) is 4.40. The summed E-state index contributed by atoms with van der Waals surface area (Å²) in [6.07, 6.45) is 5.65. The predicted octanol–water partition coefficient (Wildman–Crippen LogP) is 1.15. The molecule has 1 heterocycles. The Balaban J connectivity index is 2.08. The molecule has 1 fully saturated rings. The number of anilines is 1. The normalized spacial score (nSPS) is 19.2. The third kappa shape index (κ3) is 3.38. The first-order valence-electron chi connectivity index (χ1n) is 6.71. The number of piperidine rings is 1. The minimum atomic E-state index is -0.484. The number of hydrogen-bond acceptors (Lipinski definition) is 3. The van der Waals surface area contributed by atoms with Gasteiger partial charge in [-0.05, 0) is 43.0 Å². The van der Waals surface area contributed by atoms with Crippen molar-refractivity contribution in [2.24, 2.45) is 5.73 Å². The van der Waals surface area contributed by atoms with Crippen molar-refractivity contribution in [3.05, 3.63) is 35.9 Å². The van der Waals surface area contributed by atoms with Crippen LogP contribution in [0.5, 0.6) is 0 Å². The first-order valence-corrected chi connectivity index (χ1v) is 6.71. The number of nitrogen functional groups attached to an aromatic ring is 1. The van der Waals surface area contributed by atoms with Crippen LogP contribution in [0.15, 0.2) is 30.3 Å². The SMILES string of the molecule is NC(=O)C1CCCCN1C(=O)/C=C/c1cccc(N)c1. The fraction of sp³-hybridized carbons (Fsp3) is 0.333. The van der Waals surface area contributed by atoms with Gasteiger partial charge in [0.1, 0.15) is 6.04 Å². The fourth-order valence-electron chi connectivity index (χ4n) is 2.42. The number of nitrogens with zero attached hydrogens (tertiary/aromatic N) is 1. The number of benzene rings is 1. The van der Waals surface area contributed by atoms with Crippen LogP contribution in [0.3, 0.4) is 0 Å². The molecule has 1 saturated heterocycles. The maximum absolute atomic E-state index is 12.2. The third-order valence-corrected chi connectivity index (χ3v) is 3.44. The molecule has 1 aliphatic rings. The summed E-state index contributed by atoms with van der Waals surface area (Å²) < 4.78 is 0. The van der Waals surface area contributed by atoms with Gasteiger partial charge in [-0.2, -0.15) is 0 Å². The molecule has 0 radical (unpaired) electrons. The molecule has 0 spiro atoms. The van der Waals surface area contributed by atoms with Crippen molar-refractivity contribution in [1.29, 1.82) is 0 Å². The first kappa shape index (κ1) is 14.1. The Bertz CT molecular complexity index is 540. The van der Waals surface area contributed by atoms with Gasteiger partial charge in [0, 0.05) is 18.3 Å². The lowest BCUT2D eigenvalue weighted by atomic mass is 10.0. The van der Waals surface area contributed by atoms with Crippen LogP contribution in [0.25, 0.3) is 6.08 Å². The van der Waals surface area contributed by atoms with E-state index in [4.69, 9.17) is 11.5 Å². The summed E-state index contributed by atoms with van der Waals surface area (Å²) in [5.74, 6) is -0.619. The zero-order valence-corrected chi connectivity index (χ0v) is 11.3. The molecule has 5 nitrogen and oxygen atoms in total. The van der Waals surface area contributed by atoms with Crippen molar-refractivity contribution < 1.29 is 9.59 Å². The lowest BCUT2D eigenvalue weighted by Gasteiger charge is -2.32. The number of amides is 2. The molecule has 1 aliphatic heterocycles. The highest BCUT2D eigenvalue weighted by Gasteiger charge is 2.29. The molecule has 4 N–H and O–H groups in total. The first-order chi connectivity index (χ1) is 9.58. The maximum Gasteiger partial charge on any atom is 0.247 e. The molecule has 106 valence electrons. The van der Waals surface area contributed by atoms with Gasteiger partial charge in [0.05, 0.1) is 0 Å². The summed E-state index contributed by atoms with van der Waals surface area (Å²) in [5, 5.41) is 0.